The minimum absolute atomic E-state index is 0.00216. The largest absolute Gasteiger partial charge is 0.507 e. The topological polar surface area (TPSA) is 291 Å². The van der Waals surface area contributed by atoms with Crippen LogP contribution in [0, 0.1) is 42.4 Å². The van der Waals surface area contributed by atoms with Crippen LogP contribution in [-0.4, -0.2) is 124 Å². The Kier molecular flexibility index (Phi) is 17.7. The lowest BCUT2D eigenvalue weighted by Gasteiger charge is -2.37. The molecule has 5 aliphatic heterocycles. The zero-order chi connectivity index (χ0) is 57.1. The number of amides is 1. The van der Waals surface area contributed by atoms with Crippen LogP contribution >= 0.6 is 0 Å². The summed E-state index contributed by atoms with van der Waals surface area (Å²) in [7, 11) is 0. The minimum Gasteiger partial charge on any atom is -0.507 e. The quantitative estimate of drug-likeness (QED) is 0.0191. The van der Waals surface area contributed by atoms with Crippen molar-refractivity contribution in [2.45, 2.75) is 106 Å². The second-order valence-corrected chi connectivity index (χ2v) is 20.7. The summed E-state index contributed by atoms with van der Waals surface area (Å²) < 4.78 is 35.4. The lowest BCUT2D eigenvalue weighted by molar-refractivity contribution is -0.158. The molecule has 1 amide bonds. The zero-order valence-electron chi connectivity index (χ0n) is 45.2. The molecule has 1 fully saturated rings. The van der Waals surface area contributed by atoms with E-state index in [-0.39, 0.29) is 81.3 Å². The molecular formula is C57H68N4O17. The molecule has 1 saturated heterocycles. The van der Waals surface area contributed by atoms with Crippen molar-refractivity contribution in [1.29, 1.82) is 0 Å². The van der Waals surface area contributed by atoms with E-state index in [2.05, 4.69) is 11.9 Å². The number of ketones is 1. The summed E-state index contributed by atoms with van der Waals surface area (Å²) >= 11 is 0. The Labute approximate surface area is 450 Å². The van der Waals surface area contributed by atoms with E-state index in [0.717, 1.165) is 0 Å². The first-order valence-electron chi connectivity index (χ1n) is 25.9. The number of Topliss-reactive ketones (excluding diaryl/α,β-unsaturated/α-hetero) is 1. The van der Waals surface area contributed by atoms with Crippen molar-refractivity contribution >= 4 is 69.4 Å². The molecule has 0 saturated carbocycles. The number of benzene rings is 3. The summed E-state index contributed by atoms with van der Waals surface area (Å²) in [4.78, 5) is 98.9. The Morgan fingerprint density at radius 1 is 0.936 bits per heavy atom. The Hall–Kier alpha value is -7.78. The minimum atomic E-state index is -2.08. The van der Waals surface area contributed by atoms with Crippen LogP contribution in [0.25, 0.3) is 33.3 Å². The molecule has 1 aliphatic carbocycles. The molecule has 8 rings (SSSR count). The number of hydrogen-bond acceptors (Lipinski definition) is 20. The molecule has 0 aromatic heterocycles. The zero-order valence-corrected chi connectivity index (χ0v) is 45.2. The number of nitrogens with zero attached hydrogens (tertiary/aromatic N) is 3. The van der Waals surface area contributed by atoms with E-state index in [4.69, 9.17) is 33.1 Å². The summed E-state index contributed by atoms with van der Waals surface area (Å²) in [5, 5.41) is 48.8. The maximum Gasteiger partial charge on any atom is 0.312 e. The number of aromatic hydroxyl groups is 2. The normalized spacial score (nSPS) is 26.7. The predicted octanol–water partition coefficient (Wildman–Crippen LogP) is 6.57. The Morgan fingerprint density at radius 2 is 1.63 bits per heavy atom. The Bertz CT molecular complexity index is 3130. The van der Waals surface area contributed by atoms with Crippen molar-refractivity contribution in [2.24, 2.45) is 35.5 Å². The van der Waals surface area contributed by atoms with Gasteiger partial charge in [0.15, 0.2) is 17.2 Å². The molecule has 2 aromatic carbocycles. The van der Waals surface area contributed by atoms with Gasteiger partial charge in [-0.05, 0) is 51.2 Å². The first-order chi connectivity index (χ1) is 36.9. The number of hydrogen-bond donors (Lipinski definition) is 5. The van der Waals surface area contributed by atoms with Gasteiger partial charge in [-0.1, -0.05) is 52.8 Å². The van der Waals surface area contributed by atoms with Crippen LogP contribution in [0.3, 0.4) is 0 Å². The number of ether oxygens (including phenoxy) is 5. The van der Waals surface area contributed by atoms with Crippen LogP contribution < -0.4 is 20.4 Å². The van der Waals surface area contributed by atoms with Gasteiger partial charge < -0.3 is 73.2 Å². The van der Waals surface area contributed by atoms with Crippen molar-refractivity contribution < 1.29 is 77.3 Å². The summed E-state index contributed by atoms with van der Waals surface area (Å²) in [6.07, 6.45) is 6.11. The number of esters is 2. The number of carbonyl (C=O) groups is 6. The number of aliphatic hydroxyl groups is 2. The Balaban J connectivity index is 1.27. The molecular weight excluding hydrogens is 1010 g/mol. The monoisotopic (exact) mass is 1080 g/mol. The third-order valence-corrected chi connectivity index (χ3v) is 15.3. The van der Waals surface area contributed by atoms with E-state index < -0.39 is 112 Å². The van der Waals surface area contributed by atoms with Crippen LogP contribution in [0.5, 0.6) is 17.2 Å². The van der Waals surface area contributed by atoms with E-state index >= 15 is 0 Å². The molecule has 5 N–H and O–H groups in total. The van der Waals surface area contributed by atoms with Crippen LogP contribution in [-0.2, 0) is 42.9 Å². The van der Waals surface area contributed by atoms with Gasteiger partial charge >= 0.3 is 17.7 Å². The van der Waals surface area contributed by atoms with Crippen LogP contribution in [0.2, 0.25) is 0 Å². The number of carbonyl (C=O) groups excluding carboxylic acids is 6. The van der Waals surface area contributed by atoms with Gasteiger partial charge in [-0.25, -0.2) is 4.98 Å². The molecule has 0 unspecified atom stereocenters. The van der Waals surface area contributed by atoms with Gasteiger partial charge in [-0.3, -0.25) is 24.0 Å². The molecule has 0 spiro atoms. The molecule has 5 bridgehead atoms. The molecule has 418 valence electrons. The lowest BCUT2D eigenvalue weighted by Crippen LogP contribution is -2.46. The van der Waals surface area contributed by atoms with Gasteiger partial charge in [0.25, 0.3) is 11.7 Å². The second-order valence-electron chi connectivity index (χ2n) is 20.7. The van der Waals surface area contributed by atoms with Gasteiger partial charge in [0, 0.05) is 98.5 Å². The maximum absolute atomic E-state index is 15.0. The van der Waals surface area contributed by atoms with Crippen LogP contribution in [0.1, 0.15) is 90.6 Å². The number of allylic oxidation sites excluding steroid dienone is 3. The van der Waals surface area contributed by atoms with E-state index in [1.165, 1.54) is 46.1 Å². The molecule has 5 heterocycles. The SMILES string of the molecule is C=C(OCOC(=O)CCCC(C=O)C=O)N1CCN(c2cc(O)c3nc4c5c6c7c(C)c(O)c5c(=O)c(c-4oc3c2)NC(=O)/C(C)=C\C=C\[C@H](C)[C@H](O)[C@@H](C)[C@@H](O)[C@@H](C)[C@H](OC(C)=O)[C@H](C)[C@@H](C)/C=C/O[C@@](C)(O7)C6=O)CC1. The lowest BCUT2D eigenvalue weighted by atomic mass is 9.77. The van der Waals surface area contributed by atoms with E-state index in [1.54, 1.807) is 45.1 Å². The molecule has 0 radical (unpaired) electrons. The molecule has 6 aliphatic rings. The van der Waals surface area contributed by atoms with E-state index in [9.17, 15) is 54.0 Å². The van der Waals surface area contributed by atoms with Gasteiger partial charge in [-0.2, -0.15) is 0 Å². The van der Waals surface area contributed by atoms with Gasteiger partial charge in [0.2, 0.25) is 12.2 Å². The van der Waals surface area contributed by atoms with Gasteiger partial charge in [0.1, 0.15) is 52.8 Å². The molecule has 2 aromatic rings. The van der Waals surface area contributed by atoms with Gasteiger partial charge in [0.05, 0.1) is 35.3 Å². The number of fused-ring (bicyclic) bond motifs is 14. The summed E-state index contributed by atoms with van der Waals surface area (Å²) in [5.41, 5.74) is -1.26. The number of anilines is 2. The highest BCUT2D eigenvalue weighted by Gasteiger charge is 2.50. The average molecular weight is 1080 g/mol. The number of rotatable bonds is 12. The highest BCUT2D eigenvalue weighted by Crippen LogP contribution is 2.51. The summed E-state index contributed by atoms with van der Waals surface area (Å²) in [6.45, 7) is 19.5. The van der Waals surface area contributed by atoms with Crippen LogP contribution in [0.4, 0.5) is 11.4 Å². The third kappa shape index (κ3) is 11.7. The fourth-order valence-electron chi connectivity index (χ4n) is 10.1. The van der Waals surface area contributed by atoms with Crippen molar-refractivity contribution in [2.75, 3.05) is 43.2 Å². The summed E-state index contributed by atoms with van der Waals surface area (Å²) in [6, 6.07) is 3.07. The van der Waals surface area contributed by atoms with Crippen molar-refractivity contribution in [3.63, 3.8) is 0 Å². The Morgan fingerprint density at radius 3 is 2.29 bits per heavy atom. The number of nitrogens with one attached hydrogen (secondary N) is 1. The first-order valence-corrected chi connectivity index (χ1v) is 25.9. The fraction of sp³-hybridized carbons (Fsp3) is 0.474. The summed E-state index contributed by atoms with van der Waals surface area (Å²) in [5.74, 6) is -9.37. The van der Waals surface area contributed by atoms with Crippen molar-refractivity contribution in [3.05, 3.63) is 82.1 Å². The number of piperazine rings is 1. The van der Waals surface area contributed by atoms with Crippen molar-refractivity contribution in [1.82, 2.24) is 9.88 Å². The highest BCUT2D eigenvalue weighted by atomic mass is 16.7. The number of phenolic OH excluding ortho intramolecular Hbond substituents is 2. The molecule has 9 atom stereocenters. The third-order valence-electron chi connectivity index (χ3n) is 15.3. The predicted molar refractivity (Wildman–Crippen MR) is 285 cm³/mol. The van der Waals surface area contributed by atoms with E-state index in [0.29, 0.717) is 44.4 Å². The van der Waals surface area contributed by atoms with Crippen LogP contribution in [0.15, 0.2) is 69.9 Å². The number of aromatic nitrogens is 1. The van der Waals surface area contributed by atoms with Crippen molar-refractivity contribution in [3.8, 4) is 28.7 Å². The number of aliphatic hydroxyl groups excluding tert-OH is 2. The molecule has 78 heavy (non-hydrogen) atoms. The standard InChI is InChI=1S/C57H68N4O17/c1-28-17-22-75-57(10)55(71)44-42-43(50(69)34(7)53(44)78-57)51(70)47(59-56(72)30(3)14-11-13-29(2)48(67)32(5)49(68)33(6)52(31(28)4)76-36(9)64)54-46(42)58-45-39(65)23-38(24-40(45)77-54)61-20-18-60(19-21-61)35(8)73-27-74-41(66)16-12-15-37(25-62)26-63/h11,13-14,17,22-26,28-29,31-33,37,48-49,52,65,67-69H,8,12,15-16,18-21,27H2,1-7,9-10H3,(H,59,72)/b13-11+,22-17+,30-14-/t28-,29-,31+,32+,33+,48-,49+,52+,57-/m0/s1. The van der Waals surface area contributed by atoms with E-state index in [1.807, 2.05) is 23.6 Å². The highest BCUT2D eigenvalue weighted by molar-refractivity contribution is 6.22. The molecule has 21 heteroatoms. The average Bonchev–Trinajstić information content (AvgIpc) is 3.70. The molecule has 21 nitrogen and oxygen atoms in total. The number of phenols is 2. The fourth-order valence-corrected chi connectivity index (χ4v) is 10.1. The first kappa shape index (κ1) is 57.9. The number of aldehydes is 2. The second kappa shape index (κ2) is 23.9. The smallest absolute Gasteiger partial charge is 0.312 e. The maximum atomic E-state index is 15.0. The van der Waals surface area contributed by atoms with Gasteiger partial charge in [-0.15, -0.1) is 0 Å².